The highest BCUT2D eigenvalue weighted by Gasteiger charge is 2.23. The molecule has 2 rings (SSSR count). The Balaban J connectivity index is 2.20. The Bertz CT molecular complexity index is 335. The first-order chi connectivity index (χ1) is 7.76. The zero-order chi connectivity index (χ0) is 11.5. The van der Waals surface area contributed by atoms with E-state index in [9.17, 15) is 0 Å². The average Bonchev–Trinajstić information content (AvgIpc) is 2.90. The van der Waals surface area contributed by atoms with Crippen LogP contribution in [0.25, 0.3) is 0 Å². The van der Waals surface area contributed by atoms with Crippen LogP contribution in [0.3, 0.4) is 0 Å². The van der Waals surface area contributed by atoms with Crippen molar-refractivity contribution in [3.05, 3.63) is 11.6 Å². The zero-order valence-corrected chi connectivity index (χ0v) is 10.5. The van der Waals surface area contributed by atoms with Crippen LogP contribution in [0.5, 0.6) is 0 Å². The number of rotatable bonds is 4. The minimum atomic E-state index is 0.327. The van der Waals surface area contributed by atoms with Crippen LogP contribution in [0, 0.1) is 0 Å². The van der Waals surface area contributed by atoms with Gasteiger partial charge in [-0.3, -0.25) is 4.68 Å². The van der Waals surface area contributed by atoms with E-state index in [1.165, 1.54) is 25.7 Å². The molecule has 90 valence electrons. The second-order valence-electron chi connectivity index (χ2n) is 4.68. The van der Waals surface area contributed by atoms with Crippen molar-refractivity contribution in [2.24, 2.45) is 7.05 Å². The molecule has 0 radical (unpaired) electrons. The molecule has 1 aliphatic carbocycles. The van der Waals surface area contributed by atoms with Gasteiger partial charge < -0.3 is 5.32 Å². The molecule has 1 aliphatic rings. The van der Waals surface area contributed by atoms with Crippen LogP contribution in [0.15, 0.2) is 0 Å². The molecule has 0 spiro atoms. The van der Waals surface area contributed by atoms with Crippen molar-refractivity contribution >= 4 is 0 Å². The largest absolute Gasteiger partial charge is 0.310 e. The second kappa shape index (κ2) is 4.95. The van der Waals surface area contributed by atoms with Gasteiger partial charge in [0, 0.05) is 13.0 Å². The van der Waals surface area contributed by atoms with Crippen molar-refractivity contribution in [2.75, 3.05) is 7.05 Å². The van der Waals surface area contributed by atoms with Crippen molar-refractivity contribution < 1.29 is 0 Å². The molecule has 1 saturated carbocycles. The van der Waals surface area contributed by atoms with Gasteiger partial charge in [0.1, 0.15) is 5.82 Å². The Morgan fingerprint density at radius 3 is 2.69 bits per heavy atom. The first-order valence-corrected chi connectivity index (χ1v) is 6.34. The van der Waals surface area contributed by atoms with Gasteiger partial charge in [-0.15, -0.1) is 0 Å². The molecule has 0 aromatic carbocycles. The van der Waals surface area contributed by atoms with Crippen LogP contribution in [0.4, 0.5) is 0 Å². The smallest absolute Gasteiger partial charge is 0.154 e. The van der Waals surface area contributed by atoms with Gasteiger partial charge in [0.25, 0.3) is 0 Å². The Hall–Kier alpha value is -0.900. The molecule has 0 amide bonds. The number of aryl methyl sites for hydroxylation is 1. The van der Waals surface area contributed by atoms with E-state index in [0.717, 1.165) is 18.1 Å². The average molecular weight is 222 g/mol. The number of nitrogens with one attached hydrogen (secondary N) is 1. The molecule has 4 nitrogen and oxygen atoms in total. The van der Waals surface area contributed by atoms with E-state index in [0.29, 0.717) is 12.0 Å². The first kappa shape index (κ1) is 11.6. The van der Waals surface area contributed by atoms with Crippen LogP contribution in [0.2, 0.25) is 0 Å². The highest BCUT2D eigenvalue weighted by Crippen LogP contribution is 2.32. The summed E-state index contributed by atoms with van der Waals surface area (Å²) in [5.41, 5.74) is 0. The number of hydrogen-bond acceptors (Lipinski definition) is 3. The van der Waals surface area contributed by atoms with E-state index >= 15 is 0 Å². The van der Waals surface area contributed by atoms with Crippen molar-refractivity contribution in [1.29, 1.82) is 0 Å². The molecule has 0 aliphatic heterocycles. The van der Waals surface area contributed by atoms with Gasteiger partial charge in [-0.2, -0.15) is 5.10 Å². The van der Waals surface area contributed by atoms with Gasteiger partial charge in [0.2, 0.25) is 0 Å². The summed E-state index contributed by atoms with van der Waals surface area (Å²) in [6.07, 6.45) is 6.25. The molecule has 1 N–H and O–H groups in total. The summed E-state index contributed by atoms with van der Waals surface area (Å²) in [6.45, 7) is 2.17. The number of aromatic nitrogens is 3. The third-order valence-corrected chi connectivity index (χ3v) is 3.60. The fourth-order valence-corrected chi connectivity index (χ4v) is 2.59. The molecule has 1 heterocycles. The highest BCUT2D eigenvalue weighted by atomic mass is 15.3. The summed E-state index contributed by atoms with van der Waals surface area (Å²) in [4.78, 5) is 4.72. The Morgan fingerprint density at radius 2 is 2.12 bits per heavy atom. The van der Waals surface area contributed by atoms with Crippen molar-refractivity contribution in [3.63, 3.8) is 0 Å². The standard InChI is InChI=1S/C12H22N4/c1-4-10(13-2)12-14-11(15-16(12)3)9-7-5-6-8-9/h9-10,13H,4-8H2,1-3H3. The third-order valence-electron chi connectivity index (χ3n) is 3.60. The lowest BCUT2D eigenvalue weighted by Crippen LogP contribution is -2.19. The monoisotopic (exact) mass is 222 g/mol. The van der Waals surface area contributed by atoms with Crippen LogP contribution >= 0.6 is 0 Å². The maximum Gasteiger partial charge on any atom is 0.154 e. The van der Waals surface area contributed by atoms with Crippen molar-refractivity contribution in [2.45, 2.75) is 51.0 Å². The van der Waals surface area contributed by atoms with Gasteiger partial charge in [0.05, 0.1) is 6.04 Å². The predicted molar refractivity (Wildman–Crippen MR) is 64.3 cm³/mol. The lowest BCUT2D eigenvalue weighted by Gasteiger charge is -2.11. The van der Waals surface area contributed by atoms with E-state index in [1.54, 1.807) is 0 Å². The maximum atomic E-state index is 4.72. The molecule has 1 unspecified atom stereocenters. The molecule has 1 fully saturated rings. The molecule has 16 heavy (non-hydrogen) atoms. The molecular formula is C12H22N4. The second-order valence-corrected chi connectivity index (χ2v) is 4.68. The summed E-state index contributed by atoms with van der Waals surface area (Å²) in [7, 11) is 3.98. The summed E-state index contributed by atoms with van der Waals surface area (Å²) in [5.74, 6) is 2.74. The van der Waals surface area contributed by atoms with Crippen LogP contribution in [0.1, 0.15) is 62.6 Å². The van der Waals surface area contributed by atoms with E-state index in [4.69, 9.17) is 4.98 Å². The van der Waals surface area contributed by atoms with Gasteiger partial charge in [-0.1, -0.05) is 19.8 Å². The molecule has 1 atom stereocenters. The Kier molecular flexibility index (Phi) is 3.59. The molecule has 1 aromatic rings. The van der Waals surface area contributed by atoms with E-state index in [2.05, 4.69) is 17.3 Å². The molecular weight excluding hydrogens is 200 g/mol. The van der Waals surface area contributed by atoms with Crippen LogP contribution < -0.4 is 5.32 Å². The SMILES string of the molecule is CCC(NC)c1nc(C2CCCC2)nn1C. The van der Waals surface area contributed by atoms with Crippen LogP contribution in [-0.4, -0.2) is 21.8 Å². The fraction of sp³-hybridized carbons (Fsp3) is 0.833. The number of nitrogens with zero attached hydrogens (tertiary/aromatic N) is 3. The highest BCUT2D eigenvalue weighted by molar-refractivity contribution is 5.04. The summed E-state index contributed by atoms with van der Waals surface area (Å²) >= 11 is 0. The fourth-order valence-electron chi connectivity index (χ4n) is 2.59. The molecule has 4 heteroatoms. The molecule has 1 aromatic heterocycles. The van der Waals surface area contributed by atoms with Crippen LogP contribution in [-0.2, 0) is 7.05 Å². The predicted octanol–water partition coefficient (Wildman–Crippen LogP) is 2.14. The maximum absolute atomic E-state index is 4.72. The van der Waals surface area contributed by atoms with Crippen molar-refractivity contribution in [1.82, 2.24) is 20.1 Å². The van der Waals surface area contributed by atoms with Gasteiger partial charge in [0.15, 0.2) is 5.82 Å². The van der Waals surface area contributed by atoms with Gasteiger partial charge >= 0.3 is 0 Å². The summed E-state index contributed by atoms with van der Waals surface area (Å²) < 4.78 is 1.94. The van der Waals surface area contributed by atoms with E-state index in [-0.39, 0.29) is 0 Å². The zero-order valence-electron chi connectivity index (χ0n) is 10.5. The minimum Gasteiger partial charge on any atom is -0.310 e. The molecule has 0 bridgehead atoms. The van der Waals surface area contributed by atoms with Gasteiger partial charge in [-0.05, 0) is 26.3 Å². The van der Waals surface area contributed by atoms with Gasteiger partial charge in [-0.25, -0.2) is 4.98 Å². The lowest BCUT2D eigenvalue weighted by molar-refractivity contribution is 0.513. The quantitative estimate of drug-likeness (QED) is 0.848. The lowest BCUT2D eigenvalue weighted by atomic mass is 10.1. The van der Waals surface area contributed by atoms with Crippen molar-refractivity contribution in [3.8, 4) is 0 Å². The third kappa shape index (κ3) is 2.12. The first-order valence-electron chi connectivity index (χ1n) is 6.34. The summed E-state index contributed by atoms with van der Waals surface area (Å²) in [6, 6.07) is 0.327. The topological polar surface area (TPSA) is 42.7 Å². The molecule has 0 saturated heterocycles. The minimum absolute atomic E-state index is 0.327. The normalized spacial score (nSPS) is 19.2. The summed E-state index contributed by atoms with van der Waals surface area (Å²) in [5, 5.41) is 7.86. The Labute approximate surface area is 97.5 Å². The Morgan fingerprint density at radius 1 is 1.44 bits per heavy atom. The van der Waals surface area contributed by atoms with E-state index < -0.39 is 0 Å². The number of hydrogen-bond donors (Lipinski definition) is 1. The van der Waals surface area contributed by atoms with E-state index in [1.807, 2.05) is 18.8 Å².